The number of rotatable bonds is 2. The molecule has 0 aliphatic rings. The first-order valence-electron chi connectivity index (χ1n) is 5.24. The summed E-state index contributed by atoms with van der Waals surface area (Å²) in [6.07, 6.45) is 0. The monoisotopic (exact) mass is 328 g/mol. The first-order valence-corrected chi connectivity index (χ1v) is 6.91. The molecule has 0 nitrogen and oxygen atoms in total. The maximum Gasteiger partial charge on any atom is 0.0673 e. The summed E-state index contributed by atoms with van der Waals surface area (Å²) in [6.45, 7) is 2.06. The van der Waals surface area contributed by atoms with E-state index in [1.165, 1.54) is 5.56 Å². The van der Waals surface area contributed by atoms with Gasteiger partial charge >= 0.3 is 0 Å². The minimum absolute atomic E-state index is 0.0179. The highest BCUT2D eigenvalue weighted by Gasteiger charge is 2.16. The maximum atomic E-state index is 6.19. The van der Waals surface area contributed by atoms with E-state index in [2.05, 4.69) is 47.1 Å². The lowest BCUT2D eigenvalue weighted by molar-refractivity contribution is 1.17. The lowest BCUT2D eigenvalue weighted by Crippen LogP contribution is -1.95. The molecule has 0 amide bonds. The molecule has 17 heavy (non-hydrogen) atoms. The summed E-state index contributed by atoms with van der Waals surface area (Å²) in [4.78, 5) is 0.0179. The molecule has 0 bridgehead atoms. The Bertz CT molecular complexity index is 500. The van der Waals surface area contributed by atoms with Gasteiger partial charge in [0, 0.05) is 15.6 Å². The minimum atomic E-state index is 0.0179. The zero-order chi connectivity index (χ0) is 12.4. The summed E-state index contributed by atoms with van der Waals surface area (Å²) >= 11 is 16.0. The van der Waals surface area contributed by atoms with Gasteiger partial charge in [0.25, 0.3) is 0 Å². The largest absolute Gasteiger partial charge is 0.0839 e. The standard InChI is InChI=1S/C14H11BrCl2/c1-9-5-7-10(8-6-9)14(15)13-11(16)3-2-4-12(13)17/h2-8,14H,1H3. The maximum absolute atomic E-state index is 6.19. The van der Waals surface area contributed by atoms with Gasteiger partial charge in [0.1, 0.15) is 0 Å². The van der Waals surface area contributed by atoms with Gasteiger partial charge < -0.3 is 0 Å². The molecule has 0 N–H and O–H groups in total. The quantitative estimate of drug-likeness (QED) is 0.612. The summed E-state index contributed by atoms with van der Waals surface area (Å²) < 4.78 is 0. The van der Waals surface area contributed by atoms with Gasteiger partial charge in [0.15, 0.2) is 0 Å². The van der Waals surface area contributed by atoms with Gasteiger partial charge in [-0.2, -0.15) is 0 Å². The van der Waals surface area contributed by atoms with Gasteiger partial charge in [-0.15, -0.1) is 0 Å². The van der Waals surface area contributed by atoms with Crippen LogP contribution in [0.25, 0.3) is 0 Å². The summed E-state index contributed by atoms with van der Waals surface area (Å²) in [5.74, 6) is 0. The van der Waals surface area contributed by atoms with Crippen molar-refractivity contribution in [2.24, 2.45) is 0 Å². The van der Waals surface area contributed by atoms with Crippen LogP contribution in [0.2, 0.25) is 10.0 Å². The SMILES string of the molecule is Cc1ccc(C(Br)c2c(Cl)cccc2Cl)cc1. The van der Waals surface area contributed by atoms with Crippen LogP contribution in [0, 0.1) is 6.92 Å². The van der Waals surface area contributed by atoms with Crippen molar-refractivity contribution in [3.8, 4) is 0 Å². The second kappa shape index (κ2) is 5.43. The predicted octanol–water partition coefficient (Wildman–Crippen LogP) is 5.79. The van der Waals surface area contributed by atoms with Crippen LogP contribution >= 0.6 is 39.1 Å². The van der Waals surface area contributed by atoms with Crippen LogP contribution < -0.4 is 0 Å². The van der Waals surface area contributed by atoms with Crippen LogP contribution in [0.4, 0.5) is 0 Å². The molecule has 0 saturated heterocycles. The number of hydrogen-bond acceptors (Lipinski definition) is 0. The van der Waals surface area contributed by atoms with Crippen LogP contribution in [0.5, 0.6) is 0 Å². The normalized spacial score (nSPS) is 12.5. The first kappa shape index (κ1) is 12.9. The van der Waals surface area contributed by atoms with Crippen molar-refractivity contribution < 1.29 is 0 Å². The first-order chi connectivity index (χ1) is 8.09. The third-order valence-electron chi connectivity index (χ3n) is 2.62. The Morgan fingerprint density at radius 1 is 0.941 bits per heavy atom. The van der Waals surface area contributed by atoms with E-state index in [0.717, 1.165) is 11.1 Å². The molecular weight excluding hydrogens is 319 g/mol. The Kier molecular flexibility index (Phi) is 4.13. The van der Waals surface area contributed by atoms with Crippen molar-refractivity contribution in [3.63, 3.8) is 0 Å². The fraction of sp³-hybridized carbons (Fsp3) is 0.143. The molecule has 1 unspecified atom stereocenters. The van der Waals surface area contributed by atoms with E-state index in [1.54, 1.807) is 0 Å². The summed E-state index contributed by atoms with van der Waals surface area (Å²) in [6, 6.07) is 13.9. The molecule has 88 valence electrons. The second-order valence-electron chi connectivity index (χ2n) is 3.91. The van der Waals surface area contributed by atoms with E-state index in [4.69, 9.17) is 23.2 Å². The number of alkyl halides is 1. The van der Waals surface area contributed by atoms with Crippen LogP contribution in [0.3, 0.4) is 0 Å². The van der Waals surface area contributed by atoms with Crippen LogP contribution in [-0.4, -0.2) is 0 Å². The van der Waals surface area contributed by atoms with E-state index in [-0.39, 0.29) is 4.83 Å². The lowest BCUT2D eigenvalue weighted by Gasteiger charge is -2.14. The molecule has 0 spiro atoms. The predicted molar refractivity (Wildman–Crippen MR) is 78.4 cm³/mol. The van der Waals surface area contributed by atoms with Crippen molar-refractivity contribution in [2.75, 3.05) is 0 Å². The Hall–Kier alpha value is -0.500. The molecule has 0 aliphatic carbocycles. The van der Waals surface area contributed by atoms with E-state index >= 15 is 0 Å². The third-order valence-corrected chi connectivity index (χ3v) is 4.27. The molecule has 0 aromatic heterocycles. The smallest absolute Gasteiger partial charge is 0.0673 e. The molecule has 0 radical (unpaired) electrons. The van der Waals surface area contributed by atoms with Crippen molar-refractivity contribution in [1.29, 1.82) is 0 Å². The van der Waals surface area contributed by atoms with Crippen LogP contribution in [0.1, 0.15) is 21.5 Å². The Morgan fingerprint density at radius 2 is 1.47 bits per heavy atom. The van der Waals surface area contributed by atoms with Gasteiger partial charge in [0.05, 0.1) is 4.83 Å². The highest BCUT2D eigenvalue weighted by Crippen LogP contribution is 2.39. The number of aryl methyl sites for hydroxylation is 1. The molecule has 2 aromatic carbocycles. The Morgan fingerprint density at radius 3 is 2.00 bits per heavy atom. The molecule has 2 rings (SSSR count). The zero-order valence-electron chi connectivity index (χ0n) is 9.25. The van der Waals surface area contributed by atoms with Gasteiger partial charge in [-0.05, 0) is 24.6 Å². The number of benzene rings is 2. The van der Waals surface area contributed by atoms with Crippen LogP contribution in [0.15, 0.2) is 42.5 Å². The molecule has 1 atom stereocenters. The van der Waals surface area contributed by atoms with E-state index in [1.807, 2.05) is 18.2 Å². The van der Waals surface area contributed by atoms with Crippen molar-refractivity contribution in [1.82, 2.24) is 0 Å². The lowest BCUT2D eigenvalue weighted by atomic mass is 10.0. The van der Waals surface area contributed by atoms with Gasteiger partial charge in [-0.1, -0.05) is 75.0 Å². The highest BCUT2D eigenvalue weighted by atomic mass is 79.9. The van der Waals surface area contributed by atoms with Gasteiger partial charge in [-0.3, -0.25) is 0 Å². The van der Waals surface area contributed by atoms with Gasteiger partial charge in [-0.25, -0.2) is 0 Å². The topological polar surface area (TPSA) is 0 Å². The van der Waals surface area contributed by atoms with E-state index < -0.39 is 0 Å². The summed E-state index contributed by atoms with van der Waals surface area (Å²) in [7, 11) is 0. The molecule has 0 aliphatic heterocycles. The molecular formula is C14H11BrCl2. The fourth-order valence-corrected chi connectivity index (χ4v) is 3.33. The van der Waals surface area contributed by atoms with Crippen molar-refractivity contribution in [3.05, 3.63) is 69.2 Å². The Balaban J connectivity index is 2.43. The average molecular weight is 330 g/mol. The third kappa shape index (κ3) is 2.85. The number of halogens is 3. The molecule has 2 aromatic rings. The highest BCUT2D eigenvalue weighted by molar-refractivity contribution is 9.09. The summed E-state index contributed by atoms with van der Waals surface area (Å²) in [5.41, 5.74) is 3.30. The molecule has 0 saturated carbocycles. The minimum Gasteiger partial charge on any atom is -0.0839 e. The van der Waals surface area contributed by atoms with Crippen LogP contribution in [-0.2, 0) is 0 Å². The van der Waals surface area contributed by atoms with Crippen molar-refractivity contribution >= 4 is 39.1 Å². The molecule has 0 heterocycles. The number of hydrogen-bond donors (Lipinski definition) is 0. The van der Waals surface area contributed by atoms with Crippen molar-refractivity contribution in [2.45, 2.75) is 11.8 Å². The van der Waals surface area contributed by atoms with Gasteiger partial charge in [0.2, 0.25) is 0 Å². The average Bonchev–Trinajstić information content (AvgIpc) is 2.29. The Labute approximate surface area is 120 Å². The summed E-state index contributed by atoms with van der Waals surface area (Å²) in [5, 5.41) is 1.36. The van der Waals surface area contributed by atoms with E-state index in [0.29, 0.717) is 10.0 Å². The molecule has 0 fully saturated rings. The second-order valence-corrected chi connectivity index (χ2v) is 5.64. The zero-order valence-corrected chi connectivity index (χ0v) is 12.4. The van der Waals surface area contributed by atoms with E-state index in [9.17, 15) is 0 Å². The molecule has 3 heteroatoms. The fourth-order valence-electron chi connectivity index (χ4n) is 1.65.